The third kappa shape index (κ3) is 3.88. The molecule has 136 valence electrons. The van der Waals surface area contributed by atoms with E-state index in [4.69, 9.17) is 9.47 Å². The Hall–Kier alpha value is -3.23. The molecule has 0 spiro atoms. The first-order chi connectivity index (χ1) is 12.3. The summed E-state index contributed by atoms with van der Waals surface area (Å²) in [6, 6.07) is 9.09. The van der Waals surface area contributed by atoms with E-state index in [1.165, 1.54) is 24.3 Å². The molecule has 2 amide bonds. The second kappa shape index (κ2) is 6.95. The zero-order valence-corrected chi connectivity index (χ0v) is 13.2. The Balaban J connectivity index is 1.60. The fourth-order valence-corrected chi connectivity index (χ4v) is 2.33. The van der Waals surface area contributed by atoms with Crippen LogP contribution >= 0.6 is 0 Å². The number of rotatable bonds is 4. The molecule has 0 bridgehead atoms. The minimum absolute atomic E-state index is 0.0570. The van der Waals surface area contributed by atoms with Crippen LogP contribution in [0.4, 0.5) is 18.9 Å². The maximum absolute atomic E-state index is 12.9. The summed E-state index contributed by atoms with van der Waals surface area (Å²) in [4.78, 5) is 23.9. The van der Waals surface area contributed by atoms with Gasteiger partial charge in [-0.05, 0) is 30.3 Å². The first-order valence-corrected chi connectivity index (χ1v) is 7.48. The minimum Gasteiger partial charge on any atom is -0.454 e. The molecule has 9 heteroatoms. The van der Waals surface area contributed by atoms with Crippen molar-refractivity contribution < 1.29 is 32.2 Å². The van der Waals surface area contributed by atoms with Crippen molar-refractivity contribution in [2.75, 3.05) is 18.7 Å². The molecule has 0 saturated heterocycles. The molecule has 0 aromatic heterocycles. The highest BCUT2D eigenvalue weighted by atomic mass is 19.4. The third-order valence-electron chi connectivity index (χ3n) is 3.55. The molecular formula is C17H13F3N2O4. The molecule has 1 aliphatic rings. The van der Waals surface area contributed by atoms with Crippen molar-refractivity contribution in [1.82, 2.24) is 5.32 Å². The molecule has 1 aliphatic heterocycles. The standard InChI is InChI=1S/C17H13F3N2O4/c18-17(19,20)11-3-1-2-4-12(11)22-15(23)8-21-16(24)10-5-6-13-14(7-10)26-9-25-13/h1-7H,8-9H2,(H,21,24)(H,22,23). The number of hydrogen-bond donors (Lipinski definition) is 2. The molecule has 3 rings (SSSR count). The number of carbonyl (C=O) groups excluding carboxylic acids is 2. The van der Waals surface area contributed by atoms with Gasteiger partial charge >= 0.3 is 6.18 Å². The summed E-state index contributed by atoms with van der Waals surface area (Å²) in [6.07, 6.45) is -4.60. The number of alkyl halides is 3. The molecule has 0 atom stereocenters. The van der Waals surface area contributed by atoms with E-state index in [-0.39, 0.29) is 18.0 Å². The summed E-state index contributed by atoms with van der Waals surface area (Å²) in [6.45, 7) is -0.430. The van der Waals surface area contributed by atoms with Crippen LogP contribution in [0.5, 0.6) is 11.5 Å². The number of ether oxygens (including phenoxy) is 2. The highest BCUT2D eigenvalue weighted by molar-refractivity contribution is 6.00. The second-order valence-electron chi connectivity index (χ2n) is 5.34. The number of nitrogens with one attached hydrogen (secondary N) is 2. The summed E-state index contributed by atoms with van der Waals surface area (Å²) in [5.74, 6) is -0.442. The monoisotopic (exact) mass is 366 g/mol. The zero-order chi connectivity index (χ0) is 18.7. The van der Waals surface area contributed by atoms with Gasteiger partial charge in [-0.3, -0.25) is 9.59 Å². The lowest BCUT2D eigenvalue weighted by Gasteiger charge is -2.13. The number of halogens is 3. The van der Waals surface area contributed by atoms with Crippen LogP contribution in [-0.2, 0) is 11.0 Å². The lowest BCUT2D eigenvalue weighted by Crippen LogP contribution is -2.33. The lowest BCUT2D eigenvalue weighted by atomic mass is 10.1. The molecule has 0 aliphatic carbocycles. The van der Waals surface area contributed by atoms with Gasteiger partial charge in [0, 0.05) is 5.56 Å². The van der Waals surface area contributed by atoms with Gasteiger partial charge in [0.2, 0.25) is 12.7 Å². The van der Waals surface area contributed by atoms with Crippen LogP contribution in [0.25, 0.3) is 0 Å². The molecule has 1 heterocycles. The normalized spacial score (nSPS) is 12.6. The maximum atomic E-state index is 12.9. The number of hydrogen-bond acceptors (Lipinski definition) is 4. The van der Waals surface area contributed by atoms with Crippen LogP contribution in [-0.4, -0.2) is 25.2 Å². The summed E-state index contributed by atoms with van der Waals surface area (Å²) in [7, 11) is 0. The van der Waals surface area contributed by atoms with E-state index in [0.717, 1.165) is 12.1 Å². The van der Waals surface area contributed by atoms with Crippen molar-refractivity contribution in [3.8, 4) is 11.5 Å². The van der Waals surface area contributed by atoms with E-state index in [2.05, 4.69) is 10.6 Å². The Morgan fingerprint density at radius 2 is 1.77 bits per heavy atom. The molecule has 2 N–H and O–H groups in total. The molecule has 0 radical (unpaired) electrons. The van der Waals surface area contributed by atoms with Gasteiger partial charge in [-0.1, -0.05) is 12.1 Å². The SMILES string of the molecule is O=C(CNC(=O)c1ccc2c(c1)OCO2)Nc1ccccc1C(F)(F)F. The van der Waals surface area contributed by atoms with Crippen molar-refractivity contribution in [2.45, 2.75) is 6.18 Å². The molecule has 0 unspecified atom stereocenters. The van der Waals surface area contributed by atoms with E-state index >= 15 is 0 Å². The van der Waals surface area contributed by atoms with Gasteiger partial charge in [-0.25, -0.2) is 0 Å². The average Bonchev–Trinajstić information content (AvgIpc) is 3.07. The van der Waals surface area contributed by atoms with Gasteiger partial charge in [-0.15, -0.1) is 0 Å². The zero-order valence-electron chi connectivity index (χ0n) is 13.2. The fourth-order valence-electron chi connectivity index (χ4n) is 2.33. The lowest BCUT2D eigenvalue weighted by molar-refractivity contribution is -0.137. The van der Waals surface area contributed by atoms with Crippen LogP contribution in [0.15, 0.2) is 42.5 Å². The Labute approximate surface area is 145 Å². The number of anilines is 1. The first-order valence-electron chi connectivity index (χ1n) is 7.48. The fraction of sp³-hybridized carbons (Fsp3) is 0.176. The predicted octanol–water partition coefficient (Wildman–Crippen LogP) is 2.80. The summed E-state index contributed by atoms with van der Waals surface area (Å²) >= 11 is 0. The quantitative estimate of drug-likeness (QED) is 0.873. The Bertz CT molecular complexity index is 852. The molecule has 0 saturated carbocycles. The van der Waals surface area contributed by atoms with Crippen LogP contribution in [0.3, 0.4) is 0 Å². The van der Waals surface area contributed by atoms with E-state index in [0.29, 0.717) is 11.5 Å². The van der Waals surface area contributed by atoms with Crippen molar-refractivity contribution >= 4 is 17.5 Å². The largest absolute Gasteiger partial charge is 0.454 e. The second-order valence-corrected chi connectivity index (χ2v) is 5.34. The van der Waals surface area contributed by atoms with Gasteiger partial charge in [0.05, 0.1) is 17.8 Å². The molecule has 6 nitrogen and oxygen atoms in total. The number of amides is 2. The van der Waals surface area contributed by atoms with Gasteiger partial charge < -0.3 is 20.1 Å². The predicted molar refractivity (Wildman–Crippen MR) is 85.0 cm³/mol. The Morgan fingerprint density at radius 1 is 1.04 bits per heavy atom. The molecule has 26 heavy (non-hydrogen) atoms. The van der Waals surface area contributed by atoms with Gasteiger partial charge in [0.25, 0.3) is 5.91 Å². The smallest absolute Gasteiger partial charge is 0.418 e. The number of fused-ring (bicyclic) bond motifs is 1. The van der Waals surface area contributed by atoms with E-state index < -0.39 is 30.1 Å². The minimum atomic E-state index is -4.60. The van der Waals surface area contributed by atoms with E-state index in [1.807, 2.05) is 0 Å². The first kappa shape index (κ1) is 17.6. The average molecular weight is 366 g/mol. The van der Waals surface area contributed by atoms with Gasteiger partial charge in [-0.2, -0.15) is 13.2 Å². The van der Waals surface area contributed by atoms with Gasteiger partial charge in [0.1, 0.15) is 0 Å². The molecular weight excluding hydrogens is 353 g/mol. The van der Waals surface area contributed by atoms with E-state index in [1.54, 1.807) is 6.07 Å². The van der Waals surface area contributed by atoms with Crippen LogP contribution in [0.2, 0.25) is 0 Å². The molecule has 2 aromatic rings. The Kier molecular flexibility index (Phi) is 4.70. The van der Waals surface area contributed by atoms with Crippen molar-refractivity contribution in [1.29, 1.82) is 0 Å². The van der Waals surface area contributed by atoms with Gasteiger partial charge in [0.15, 0.2) is 11.5 Å². The summed E-state index contributed by atoms with van der Waals surface area (Å²) in [5.41, 5.74) is -1.10. The Morgan fingerprint density at radius 3 is 2.54 bits per heavy atom. The topological polar surface area (TPSA) is 76.7 Å². The highest BCUT2D eigenvalue weighted by Gasteiger charge is 2.33. The maximum Gasteiger partial charge on any atom is 0.418 e. The number of para-hydroxylation sites is 1. The van der Waals surface area contributed by atoms with Crippen LogP contribution < -0.4 is 20.1 Å². The van der Waals surface area contributed by atoms with Crippen molar-refractivity contribution in [2.24, 2.45) is 0 Å². The molecule has 2 aromatic carbocycles. The summed E-state index contributed by atoms with van der Waals surface area (Å²) in [5, 5.41) is 4.49. The number of benzene rings is 2. The highest BCUT2D eigenvalue weighted by Crippen LogP contribution is 2.34. The molecule has 0 fully saturated rings. The van der Waals surface area contributed by atoms with Crippen molar-refractivity contribution in [3.63, 3.8) is 0 Å². The van der Waals surface area contributed by atoms with Crippen LogP contribution in [0.1, 0.15) is 15.9 Å². The van der Waals surface area contributed by atoms with Crippen molar-refractivity contribution in [3.05, 3.63) is 53.6 Å². The third-order valence-corrected chi connectivity index (χ3v) is 3.55. The van der Waals surface area contributed by atoms with E-state index in [9.17, 15) is 22.8 Å². The summed E-state index contributed by atoms with van der Waals surface area (Å²) < 4.78 is 49.0. The number of carbonyl (C=O) groups is 2. The van der Waals surface area contributed by atoms with Crippen LogP contribution in [0, 0.1) is 0 Å².